The molecular weight excluding hydrogens is 432 g/mol. The maximum Gasteiger partial charge on any atom is 0.334 e. The van der Waals surface area contributed by atoms with Gasteiger partial charge in [-0.05, 0) is 19.8 Å². The van der Waals surface area contributed by atoms with Crippen LogP contribution in [-0.4, -0.2) is 63.9 Å². The quantitative estimate of drug-likeness (QED) is 0.353. The van der Waals surface area contributed by atoms with E-state index in [0.717, 1.165) is 0 Å². The van der Waals surface area contributed by atoms with Crippen LogP contribution >= 0.6 is 0 Å². The summed E-state index contributed by atoms with van der Waals surface area (Å²) < 4.78 is 23.0. The smallest absolute Gasteiger partial charge is 0.334 e. The van der Waals surface area contributed by atoms with Gasteiger partial charge in [0.15, 0.2) is 18.3 Å². The number of carbonyl (C=O) groups excluding carboxylic acids is 3. The number of aliphatic hydroxyl groups is 2. The lowest BCUT2D eigenvalue weighted by Gasteiger charge is -2.41. The van der Waals surface area contributed by atoms with Crippen LogP contribution in [0.1, 0.15) is 60.8 Å². The Bertz CT molecular complexity index is 819. The molecule has 3 saturated heterocycles. The van der Waals surface area contributed by atoms with Crippen molar-refractivity contribution in [3.05, 3.63) is 12.2 Å². The van der Waals surface area contributed by atoms with E-state index in [9.17, 15) is 24.6 Å². The van der Waals surface area contributed by atoms with E-state index >= 15 is 0 Å². The average Bonchev–Trinajstić information content (AvgIpc) is 3.17. The van der Waals surface area contributed by atoms with Gasteiger partial charge in [-0.2, -0.15) is 0 Å². The molecule has 186 valence electrons. The normalized spacial score (nSPS) is 41.5. The van der Waals surface area contributed by atoms with Gasteiger partial charge in [0.2, 0.25) is 5.79 Å². The summed E-state index contributed by atoms with van der Waals surface area (Å²) >= 11 is 0. The number of fused-ring (bicyclic) bond motifs is 3. The third-order valence-electron chi connectivity index (χ3n) is 7.20. The molecule has 0 radical (unpaired) electrons. The first kappa shape index (κ1) is 25.6. The zero-order valence-corrected chi connectivity index (χ0v) is 20.2. The van der Waals surface area contributed by atoms with Gasteiger partial charge in [-0.3, -0.25) is 9.59 Å². The molecule has 9 nitrogen and oxygen atoms in total. The van der Waals surface area contributed by atoms with Gasteiger partial charge in [0.25, 0.3) is 0 Å². The minimum absolute atomic E-state index is 0.00890. The molecule has 2 bridgehead atoms. The maximum absolute atomic E-state index is 12.8. The van der Waals surface area contributed by atoms with Gasteiger partial charge in [0, 0.05) is 17.9 Å². The van der Waals surface area contributed by atoms with Gasteiger partial charge >= 0.3 is 17.9 Å². The first-order valence-corrected chi connectivity index (χ1v) is 11.7. The molecule has 0 aliphatic carbocycles. The molecule has 3 heterocycles. The van der Waals surface area contributed by atoms with Gasteiger partial charge in [-0.15, -0.1) is 0 Å². The molecule has 9 unspecified atom stereocenters. The van der Waals surface area contributed by atoms with E-state index in [1.54, 1.807) is 27.7 Å². The van der Waals surface area contributed by atoms with Crippen molar-refractivity contribution >= 4 is 17.9 Å². The number of carbonyl (C=O) groups is 3. The Kier molecular flexibility index (Phi) is 6.99. The highest BCUT2D eigenvalue weighted by atomic mass is 16.7. The molecule has 0 aromatic rings. The van der Waals surface area contributed by atoms with Crippen molar-refractivity contribution in [3.8, 4) is 0 Å². The Morgan fingerprint density at radius 2 is 1.79 bits per heavy atom. The summed E-state index contributed by atoms with van der Waals surface area (Å²) in [7, 11) is 0. The minimum Gasteiger partial charge on any atom is -0.456 e. The molecule has 0 saturated carbocycles. The molecule has 3 aliphatic heterocycles. The molecule has 33 heavy (non-hydrogen) atoms. The van der Waals surface area contributed by atoms with Gasteiger partial charge in [-0.1, -0.05) is 41.2 Å². The second-order valence-corrected chi connectivity index (χ2v) is 10.3. The number of esters is 3. The summed E-state index contributed by atoms with van der Waals surface area (Å²) in [6, 6.07) is 0. The minimum atomic E-state index is -1.94. The molecule has 0 amide bonds. The van der Waals surface area contributed by atoms with Crippen LogP contribution in [0.15, 0.2) is 12.2 Å². The molecule has 3 rings (SSSR count). The van der Waals surface area contributed by atoms with Crippen molar-refractivity contribution in [2.45, 2.75) is 96.6 Å². The van der Waals surface area contributed by atoms with Crippen LogP contribution in [0, 0.1) is 23.7 Å². The topological polar surface area (TPSA) is 129 Å². The summed E-state index contributed by atoms with van der Waals surface area (Å²) in [4.78, 5) is 38.0. The molecule has 2 N–H and O–H groups in total. The third kappa shape index (κ3) is 4.55. The summed E-state index contributed by atoms with van der Waals surface area (Å²) in [6.45, 7) is 13.9. The zero-order valence-electron chi connectivity index (χ0n) is 20.2. The summed E-state index contributed by atoms with van der Waals surface area (Å²) in [5.41, 5.74) is -1.71. The van der Waals surface area contributed by atoms with Gasteiger partial charge in [0.1, 0.15) is 5.60 Å². The molecule has 3 fully saturated rings. The number of hydrogen-bond donors (Lipinski definition) is 2. The van der Waals surface area contributed by atoms with Crippen molar-refractivity contribution in [2.24, 2.45) is 23.7 Å². The first-order valence-electron chi connectivity index (χ1n) is 11.7. The van der Waals surface area contributed by atoms with Crippen LogP contribution in [0.3, 0.4) is 0 Å². The lowest BCUT2D eigenvalue weighted by atomic mass is 9.75. The zero-order chi connectivity index (χ0) is 24.9. The monoisotopic (exact) mass is 468 g/mol. The van der Waals surface area contributed by atoms with Crippen molar-refractivity contribution in [2.75, 3.05) is 0 Å². The predicted molar refractivity (Wildman–Crippen MR) is 115 cm³/mol. The van der Waals surface area contributed by atoms with E-state index in [0.29, 0.717) is 12.8 Å². The summed E-state index contributed by atoms with van der Waals surface area (Å²) in [5.74, 6) is -6.40. The standard InChI is InChI=1S/C24H36O9/c1-8-12(4)21(26)31-18-16-14(6)22(27)30-17(16)19(32-20(25)11(2)3)23(7,28)10-15-9-13(5)24(18,29)33-15/h11-13,15-19,28-29H,6,8-10H2,1-5,7H3. The fraction of sp³-hybridized carbons (Fsp3) is 0.792. The largest absolute Gasteiger partial charge is 0.456 e. The van der Waals surface area contributed by atoms with Gasteiger partial charge in [0.05, 0.1) is 23.9 Å². The fourth-order valence-corrected chi connectivity index (χ4v) is 4.89. The van der Waals surface area contributed by atoms with Gasteiger partial charge in [-0.25, -0.2) is 4.79 Å². The Labute approximate surface area is 194 Å². The highest BCUT2D eigenvalue weighted by molar-refractivity contribution is 5.91. The maximum atomic E-state index is 12.8. The third-order valence-corrected chi connectivity index (χ3v) is 7.20. The van der Waals surface area contributed by atoms with E-state index in [2.05, 4.69) is 6.58 Å². The molecule has 0 aromatic heterocycles. The van der Waals surface area contributed by atoms with E-state index < -0.39 is 77.4 Å². The molecule has 0 aromatic carbocycles. The Morgan fingerprint density at radius 1 is 1.18 bits per heavy atom. The highest BCUT2D eigenvalue weighted by Gasteiger charge is 2.65. The Hall–Kier alpha value is -1.97. The van der Waals surface area contributed by atoms with E-state index in [1.807, 2.05) is 6.92 Å². The predicted octanol–water partition coefficient (Wildman–Crippen LogP) is 1.88. The summed E-state index contributed by atoms with van der Waals surface area (Å²) in [5, 5.41) is 23.1. The number of rotatable bonds is 5. The summed E-state index contributed by atoms with van der Waals surface area (Å²) in [6.07, 6.45) is -3.58. The van der Waals surface area contributed by atoms with Gasteiger partial charge < -0.3 is 29.2 Å². The second-order valence-electron chi connectivity index (χ2n) is 10.3. The van der Waals surface area contributed by atoms with E-state index in [1.165, 1.54) is 6.92 Å². The lowest BCUT2D eigenvalue weighted by molar-refractivity contribution is -0.279. The molecule has 3 aliphatic rings. The first-order chi connectivity index (χ1) is 15.2. The highest BCUT2D eigenvalue weighted by Crippen LogP contribution is 2.50. The molecule has 0 spiro atoms. The van der Waals surface area contributed by atoms with Crippen LogP contribution in [0.4, 0.5) is 0 Å². The second kappa shape index (κ2) is 9.00. The van der Waals surface area contributed by atoms with Crippen LogP contribution in [0.2, 0.25) is 0 Å². The molecular formula is C24H36O9. The van der Waals surface area contributed by atoms with Crippen molar-refractivity contribution in [3.63, 3.8) is 0 Å². The van der Waals surface area contributed by atoms with Crippen LogP contribution in [0.5, 0.6) is 0 Å². The Balaban J connectivity index is 2.14. The van der Waals surface area contributed by atoms with E-state index in [4.69, 9.17) is 18.9 Å². The van der Waals surface area contributed by atoms with Crippen molar-refractivity contribution in [1.82, 2.24) is 0 Å². The average molecular weight is 469 g/mol. The van der Waals surface area contributed by atoms with Crippen molar-refractivity contribution < 1.29 is 43.5 Å². The fourth-order valence-electron chi connectivity index (χ4n) is 4.89. The molecule has 9 atom stereocenters. The van der Waals surface area contributed by atoms with Crippen molar-refractivity contribution in [1.29, 1.82) is 0 Å². The SMILES string of the molecule is C=C1C(=O)OC2C1C(OC(=O)C(C)CC)C1(O)OC(CC1C)CC(C)(O)C2OC(=O)C(C)C. The van der Waals surface area contributed by atoms with Crippen LogP contribution in [-0.2, 0) is 33.3 Å². The number of hydrogen-bond acceptors (Lipinski definition) is 9. The van der Waals surface area contributed by atoms with Crippen LogP contribution in [0.25, 0.3) is 0 Å². The Morgan fingerprint density at radius 3 is 2.36 bits per heavy atom. The molecule has 9 heteroatoms. The van der Waals surface area contributed by atoms with E-state index in [-0.39, 0.29) is 12.0 Å². The van der Waals surface area contributed by atoms with Crippen LogP contribution < -0.4 is 0 Å². The number of ether oxygens (including phenoxy) is 4. The lowest BCUT2D eigenvalue weighted by Crippen LogP contribution is -2.58.